The Balaban J connectivity index is 1.59. The molecule has 158 valence electrons. The van der Waals surface area contributed by atoms with Crippen LogP contribution in [0.15, 0.2) is 22.8 Å². The molecule has 0 aliphatic heterocycles. The summed E-state index contributed by atoms with van der Waals surface area (Å²) in [4.78, 5) is 24.4. The van der Waals surface area contributed by atoms with Crippen LogP contribution in [0.4, 0.5) is 0 Å². The van der Waals surface area contributed by atoms with E-state index in [0.717, 1.165) is 36.3 Å². The Labute approximate surface area is 177 Å². The van der Waals surface area contributed by atoms with Crippen molar-refractivity contribution in [1.29, 1.82) is 0 Å². The second-order valence-electron chi connectivity index (χ2n) is 10.7. The molecule has 5 rings (SSSR count). The summed E-state index contributed by atoms with van der Waals surface area (Å²) in [6, 6.07) is 0. The van der Waals surface area contributed by atoms with Crippen LogP contribution in [-0.2, 0) is 14.3 Å². The fraction of sp³-hybridized carbons (Fsp3) is 0.750. The van der Waals surface area contributed by atoms with Gasteiger partial charge in [-0.3, -0.25) is 9.59 Å². The average molecular weight is 419 g/mol. The molecule has 5 aliphatic rings. The summed E-state index contributed by atoms with van der Waals surface area (Å²) in [7, 11) is 0. The number of carbonyl (C=O) groups is 2. The quantitative estimate of drug-likeness (QED) is 0.675. The number of ether oxygens (including phenoxy) is 1. The van der Waals surface area contributed by atoms with Gasteiger partial charge in [0, 0.05) is 28.7 Å². The predicted molar refractivity (Wildman–Crippen MR) is 110 cm³/mol. The molecule has 0 radical (unpaired) electrons. The lowest BCUT2D eigenvalue weighted by Crippen LogP contribution is -2.59. The SMILES string of the molecule is CC(=O)O[C@@]1([C@H](C)O)CC[C@H]2[C@@H]3C=C(Cl)C4=CC(=O)C5CC5[C@@]4(C)[C@@H]3CC[C@@]21C. The standard InChI is InChI=1S/C24H31ClO4/c1-12(26)24(29-13(2)27)8-6-16-14-10-20(25)19-11-21(28)15-9-18(15)23(19,4)17(14)5-7-22(16,24)3/h10-12,14-18,26H,5-9H2,1-4H3/t12-,14-,15?,16-,17+,18?,22-,23+,24+/m0/s1. The molecule has 0 amide bonds. The number of aliphatic hydroxyl groups excluding tert-OH is 1. The van der Waals surface area contributed by atoms with E-state index < -0.39 is 11.7 Å². The molecule has 2 unspecified atom stereocenters. The Hall–Kier alpha value is -1.13. The molecule has 0 bridgehead atoms. The summed E-state index contributed by atoms with van der Waals surface area (Å²) in [5.74, 6) is 1.55. The van der Waals surface area contributed by atoms with Gasteiger partial charge in [0.1, 0.15) is 5.60 Å². The van der Waals surface area contributed by atoms with E-state index in [0.29, 0.717) is 24.2 Å². The second-order valence-corrected chi connectivity index (χ2v) is 11.1. The molecule has 4 nitrogen and oxygen atoms in total. The first-order valence-electron chi connectivity index (χ1n) is 11.1. The fourth-order valence-corrected chi connectivity index (χ4v) is 8.60. The van der Waals surface area contributed by atoms with Gasteiger partial charge in [0.15, 0.2) is 5.78 Å². The van der Waals surface area contributed by atoms with Crippen LogP contribution in [0.3, 0.4) is 0 Å². The van der Waals surface area contributed by atoms with Crippen molar-refractivity contribution in [2.75, 3.05) is 0 Å². The van der Waals surface area contributed by atoms with E-state index in [-0.39, 0.29) is 34.4 Å². The molecule has 0 aromatic carbocycles. The van der Waals surface area contributed by atoms with E-state index >= 15 is 0 Å². The molecule has 0 spiro atoms. The van der Waals surface area contributed by atoms with Crippen molar-refractivity contribution < 1.29 is 19.4 Å². The molecule has 5 aliphatic carbocycles. The summed E-state index contributed by atoms with van der Waals surface area (Å²) >= 11 is 6.81. The second kappa shape index (κ2) is 5.97. The number of allylic oxidation sites excluding steroid dienone is 4. The van der Waals surface area contributed by atoms with Crippen LogP contribution in [0.1, 0.15) is 59.8 Å². The smallest absolute Gasteiger partial charge is 0.303 e. The number of hydrogen-bond donors (Lipinski definition) is 1. The minimum atomic E-state index is -0.837. The van der Waals surface area contributed by atoms with Crippen LogP contribution in [0.5, 0.6) is 0 Å². The zero-order valence-electron chi connectivity index (χ0n) is 17.7. The average Bonchev–Trinajstić information content (AvgIpc) is 3.39. The van der Waals surface area contributed by atoms with Gasteiger partial charge >= 0.3 is 5.97 Å². The lowest BCUT2D eigenvalue weighted by molar-refractivity contribution is -0.203. The van der Waals surface area contributed by atoms with Crippen molar-refractivity contribution in [1.82, 2.24) is 0 Å². The van der Waals surface area contributed by atoms with Gasteiger partial charge in [0.05, 0.1) is 6.10 Å². The fourth-order valence-electron chi connectivity index (χ4n) is 8.19. The summed E-state index contributed by atoms with van der Waals surface area (Å²) in [6.45, 7) is 7.73. The van der Waals surface area contributed by atoms with Crippen LogP contribution in [0, 0.1) is 40.4 Å². The number of ketones is 1. The van der Waals surface area contributed by atoms with Gasteiger partial charge in [-0.25, -0.2) is 0 Å². The van der Waals surface area contributed by atoms with Crippen LogP contribution >= 0.6 is 11.6 Å². The Kier molecular flexibility index (Phi) is 4.08. The van der Waals surface area contributed by atoms with Crippen LogP contribution < -0.4 is 0 Å². The van der Waals surface area contributed by atoms with Crippen molar-refractivity contribution >= 4 is 23.4 Å². The zero-order valence-corrected chi connectivity index (χ0v) is 18.5. The van der Waals surface area contributed by atoms with Crippen molar-refractivity contribution in [3.63, 3.8) is 0 Å². The van der Waals surface area contributed by atoms with Gasteiger partial charge in [0.2, 0.25) is 0 Å². The van der Waals surface area contributed by atoms with Crippen molar-refractivity contribution in [2.24, 2.45) is 40.4 Å². The number of aliphatic hydroxyl groups is 1. The van der Waals surface area contributed by atoms with E-state index in [4.69, 9.17) is 16.3 Å². The van der Waals surface area contributed by atoms with Gasteiger partial charge in [-0.15, -0.1) is 0 Å². The summed E-state index contributed by atoms with van der Waals surface area (Å²) in [5.41, 5.74) is -0.121. The third kappa shape index (κ3) is 2.31. The highest BCUT2D eigenvalue weighted by Gasteiger charge is 2.70. The molecule has 9 atom stereocenters. The molecule has 3 saturated carbocycles. The Morgan fingerprint density at radius 3 is 2.59 bits per heavy atom. The number of fused-ring (bicyclic) bond motifs is 7. The topological polar surface area (TPSA) is 63.6 Å². The van der Waals surface area contributed by atoms with E-state index in [1.54, 1.807) is 6.92 Å². The van der Waals surface area contributed by atoms with Crippen LogP contribution in [0.2, 0.25) is 0 Å². The highest BCUT2D eigenvalue weighted by atomic mass is 35.5. The van der Waals surface area contributed by atoms with Gasteiger partial charge in [-0.2, -0.15) is 0 Å². The molecule has 29 heavy (non-hydrogen) atoms. The molecule has 1 N–H and O–H groups in total. The molecular weight excluding hydrogens is 388 g/mol. The molecule has 0 aromatic heterocycles. The maximum Gasteiger partial charge on any atom is 0.303 e. The molecule has 0 heterocycles. The first kappa shape index (κ1) is 19.8. The van der Waals surface area contributed by atoms with Crippen molar-refractivity contribution in [3.8, 4) is 0 Å². The van der Waals surface area contributed by atoms with E-state index in [9.17, 15) is 14.7 Å². The largest absolute Gasteiger partial charge is 0.456 e. The first-order chi connectivity index (χ1) is 13.6. The molecule has 0 saturated heterocycles. The number of halogens is 1. The van der Waals surface area contributed by atoms with Crippen molar-refractivity contribution in [3.05, 3.63) is 22.8 Å². The minimum absolute atomic E-state index is 0.0477. The van der Waals surface area contributed by atoms with Crippen LogP contribution in [0.25, 0.3) is 0 Å². The minimum Gasteiger partial charge on any atom is -0.456 e. The molecule has 3 fully saturated rings. The van der Waals surface area contributed by atoms with Crippen LogP contribution in [-0.4, -0.2) is 28.6 Å². The molecule has 5 heteroatoms. The maximum atomic E-state index is 12.4. The lowest BCUT2D eigenvalue weighted by Gasteiger charge is -2.58. The maximum absolute atomic E-state index is 12.4. The molecule has 0 aromatic rings. The number of carbonyl (C=O) groups excluding carboxylic acids is 2. The Bertz CT molecular complexity index is 859. The summed E-state index contributed by atoms with van der Waals surface area (Å²) < 4.78 is 5.92. The highest BCUT2D eigenvalue weighted by molar-refractivity contribution is 6.32. The Morgan fingerprint density at radius 2 is 1.93 bits per heavy atom. The van der Waals surface area contributed by atoms with E-state index in [1.165, 1.54) is 6.92 Å². The first-order valence-corrected chi connectivity index (χ1v) is 11.5. The zero-order chi connectivity index (χ0) is 20.9. The van der Waals surface area contributed by atoms with E-state index in [2.05, 4.69) is 19.9 Å². The van der Waals surface area contributed by atoms with Gasteiger partial charge in [-0.1, -0.05) is 31.5 Å². The predicted octanol–water partition coefficient (Wildman–Crippen LogP) is 4.40. The molecular formula is C24H31ClO4. The monoisotopic (exact) mass is 418 g/mol. The van der Waals surface area contributed by atoms with E-state index in [1.807, 2.05) is 6.08 Å². The highest BCUT2D eigenvalue weighted by Crippen LogP contribution is 2.72. The number of hydrogen-bond acceptors (Lipinski definition) is 4. The summed E-state index contributed by atoms with van der Waals surface area (Å²) in [6.07, 6.45) is 7.79. The third-order valence-electron chi connectivity index (χ3n) is 9.68. The van der Waals surface area contributed by atoms with Crippen molar-refractivity contribution in [2.45, 2.75) is 71.5 Å². The number of rotatable bonds is 2. The summed E-state index contributed by atoms with van der Waals surface area (Å²) in [5, 5.41) is 11.5. The lowest BCUT2D eigenvalue weighted by atomic mass is 9.47. The van der Waals surface area contributed by atoms with Gasteiger partial charge in [-0.05, 0) is 74.3 Å². The number of esters is 1. The normalized spacial score (nSPS) is 51.0. The van der Waals surface area contributed by atoms with Gasteiger partial charge in [0.25, 0.3) is 0 Å². The third-order valence-corrected chi connectivity index (χ3v) is 10.0. The Morgan fingerprint density at radius 1 is 1.24 bits per heavy atom. The van der Waals surface area contributed by atoms with Gasteiger partial charge < -0.3 is 9.84 Å².